The lowest BCUT2D eigenvalue weighted by atomic mass is 10.2. The smallest absolute Gasteiger partial charge is 0.322 e. The van der Waals surface area contributed by atoms with E-state index < -0.39 is 0 Å². The molecule has 0 spiro atoms. The zero-order valence-electron chi connectivity index (χ0n) is 8.73. The summed E-state index contributed by atoms with van der Waals surface area (Å²) in [5.41, 5.74) is 7.60. The minimum Gasteiger partial charge on any atom is -0.332 e. The van der Waals surface area contributed by atoms with Crippen LogP contribution in [-0.4, -0.2) is 25.2 Å². The highest BCUT2D eigenvalue weighted by Crippen LogP contribution is 2.21. The Hall–Kier alpha value is -1.55. The van der Waals surface area contributed by atoms with Crippen molar-refractivity contribution in [2.75, 3.05) is 18.0 Å². The topological polar surface area (TPSA) is 58.4 Å². The molecule has 1 fully saturated rings. The number of aryl methyl sites for hydroxylation is 1. The molecule has 1 aromatic rings. The molecule has 2 amide bonds. The van der Waals surface area contributed by atoms with E-state index in [9.17, 15) is 4.79 Å². The van der Waals surface area contributed by atoms with E-state index in [1.54, 1.807) is 4.90 Å². The molecule has 1 aliphatic rings. The van der Waals surface area contributed by atoms with Gasteiger partial charge >= 0.3 is 6.03 Å². The van der Waals surface area contributed by atoms with Crippen LogP contribution in [0.15, 0.2) is 24.3 Å². The van der Waals surface area contributed by atoms with Crippen LogP contribution < -0.4 is 16.0 Å². The summed E-state index contributed by atoms with van der Waals surface area (Å²) in [5, 5.41) is 2.84. The first-order valence-corrected chi connectivity index (χ1v) is 5.06. The van der Waals surface area contributed by atoms with Crippen LogP contribution in [0.1, 0.15) is 5.56 Å². The molecule has 4 heteroatoms. The number of para-hydroxylation sites is 1. The van der Waals surface area contributed by atoms with E-state index >= 15 is 0 Å². The number of benzene rings is 1. The van der Waals surface area contributed by atoms with E-state index in [0.717, 1.165) is 11.3 Å². The molecule has 1 unspecified atom stereocenters. The number of hydrogen-bond donors (Lipinski definition) is 2. The quantitative estimate of drug-likeness (QED) is 0.752. The molecule has 4 nitrogen and oxygen atoms in total. The summed E-state index contributed by atoms with van der Waals surface area (Å²) in [6.45, 7) is 3.13. The number of urea groups is 1. The lowest BCUT2D eigenvalue weighted by Crippen LogP contribution is -2.33. The van der Waals surface area contributed by atoms with Crippen LogP contribution in [0.25, 0.3) is 0 Å². The number of carbonyl (C=O) groups excluding carboxylic acids is 1. The van der Waals surface area contributed by atoms with Crippen molar-refractivity contribution in [2.45, 2.75) is 13.0 Å². The van der Waals surface area contributed by atoms with E-state index in [-0.39, 0.29) is 12.1 Å². The lowest BCUT2D eigenvalue weighted by molar-refractivity contribution is 0.251. The van der Waals surface area contributed by atoms with Gasteiger partial charge in [0, 0.05) is 18.8 Å². The third-order valence-electron chi connectivity index (χ3n) is 2.67. The second-order valence-corrected chi connectivity index (χ2v) is 3.78. The average Bonchev–Trinajstić information content (AvgIpc) is 2.60. The average molecular weight is 205 g/mol. The summed E-state index contributed by atoms with van der Waals surface area (Å²) in [6.07, 6.45) is 0. The Morgan fingerprint density at radius 1 is 1.53 bits per heavy atom. The predicted molar refractivity (Wildman–Crippen MR) is 59.9 cm³/mol. The van der Waals surface area contributed by atoms with Crippen LogP contribution in [0.4, 0.5) is 10.5 Å². The second kappa shape index (κ2) is 3.90. The number of rotatable bonds is 2. The van der Waals surface area contributed by atoms with Gasteiger partial charge in [0.25, 0.3) is 0 Å². The van der Waals surface area contributed by atoms with Gasteiger partial charge in [0.2, 0.25) is 0 Å². The first kappa shape index (κ1) is 9.98. The van der Waals surface area contributed by atoms with Crippen molar-refractivity contribution in [2.24, 2.45) is 5.73 Å². The van der Waals surface area contributed by atoms with Gasteiger partial charge in [0.15, 0.2) is 0 Å². The molecule has 2 rings (SSSR count). The fourth-order valence-electron chi connectivity index (χ4n) is 1.81. The van der Waals surface area contributed by atoms with Crippen LogP contribution in [0, 0.1) is 6.92 Å². The maximum absolute atomic E-state index is 11.7. The van der Waals surface area contributed by atoms with E-state index in [2.05, 4.69) is 5.32 Å². The van der Waals surface area contributed by atoms with E-state index in [1.807, 2.05) is 31.2 Å². The minimum absolute atomic E-state index is 0.0558. The zero-order valence-corrected chi connectivity index (χ0v) is 8.73. The summed E-state index contributed by atoms with van der Waals surface area (Å²) in [4.78, 5) is 13.4. The van der Waals surface area contributed by atoms with Crippen molar-refractivity contribution >= 4 is 11.7 Å². The van der Waals surface area contributed by atoms with Crippen molar-refractivity contribution in [1.29, 1.82) is 0 Å². The third-order valence-corrected chi connectivity index (χ3v) is 2.67. The van der Waals surface area contributed by atoms with Crippen molar-refractivity contribution in [1.82, 2.24) is 5.32 Å². The van der Waals surface area contributed by atoms with Crippen molar-refractivity contribution in [3.8, 4) is 0 Å². The number of nitrogens with one attached hydrogen (secondary N) is 1. The van der Waals surface area contributed by atoms with Gasteiger partial charge in [-0.3, -0.25) is 4.90 Å². The summed E-state index contributed by atoms with van der Waals surface area (Å²) in [5.74, 6) is 0. The first-order valence-electron chi connectivity index (χ1n) is 5.06. The van der Waals surface area contributed by atoms with Gasteiger partial charge < -0.3 is 11.1 Å². The first-order chi connectivity index (χ1) is 7.22. The van der Waals surface area contributed by atoms with Crippen LogP contribution >= 0.6 is 0 Å². The molecule has 0 bridgehead atoms. The molecule has 1 heterocycles. The number of amides is 2. The van der Waals surface area contributed by atoms with E-state index in [4.69, 9.17) is 5.73 Å². The van der Waals surface area contributed by atoms with Crippen LogP contribution in [0.2, 0.25) is 0 Å². The molecule has 0 radical (unpaired) electrons. The Balaban J connectivity index is 2.25. The molecule has 0 aromatic heterocycles. The molecular weight excluding hydrogens is 190 g/mol. The van der Waals surface area contributed by atoms with E-state index in [1.165, 1.54) is 0 Å². The molecule has 0 saturated carbocycles. The summed E-state index contributed by atoms with van der Waals surface area (Å²) >= 11 is 0. The number of hydrogen-bond acceptors (Lipinski definition) is 2. The molecule has 1 saturated heterocycles. The van der Waals surface area contributed by atoms with Crippen molar-refractivity contribution in [3.63, 3.8) is 0 Å². The molecule has 1 atom stereocenters. The Bertz CT molecular complexity index is 378. The van der Waals surface area contributed by atoms with E-state index in [0.29, 0.717) is 13.1 Å². The maximum atomic E-state index is 11.7. The molecule has 1 aliphatic heterocycles. The minimum atomic E-state index is -0.0558. The van der Waals surface area contributed by atoms with Crippen LogP contribution in [0.5, 0.6) is 0 Å². The summed E-state index contributed by atoms with van der Waals surface area (Å²) < 4.78 is 0. The fraction of sp³-hybridized carbons (Fsp3) is 0.364. The maximum Gasteiger partial charge on any atom is 0.322 e. The van der Waals surface area contributed by atoms with Gasteiger partial charge in [0.05, 0.1) is 6.04 Å². The monoisotopic (exact) mass is 205 g/mol. The van der Waals surface area contributed by atoms with Gasteiger partial charge in [-0.05, 0) is 18.6 Å². The SMILES string of the molecule is Cc1ccccc1N1CC(CN)NC1=O. The van der Waals surface area contributed by atoms with Gasteiger partial charge in [-0.15, -0.1) is 0 Å². The largest absolute Gasteiger partial charge is 0.332 e. The number of nitrogens with zero attached hydrogens (tertiary/aromatic N) is 1. The summed E-state index contributed by atoms with van der Waals surface area (Å²) in [6, 6.07) is 7.86. The van der Waals surface area contributed by atoms with Gasteiger partial charge in [-0.1, -0.05) is 18.2 Å². The van der Waals surface area contributed by atoms with Crippen LogP contribution in [-0.2, 0) is 0 Å². The number of carbonyl (C=O) groups is 1. The Morgan fingerprint density at radius 2 is 2.27 bits per heavy atom. The van der Waals surface area contributed by atoms with Crippen molar-refractivity contribution < 1.29 is 4.79 Å². The Morgan fingerprint density at radius 3 is 2.87 bits per heavy atom. The van der Waals surface area contributed by atoms with Crippen LogP contribution in [0.3, 0.4) is 0 Å². The molecule has 0 aliphatic carbocycles. The van der Waals surface area contributed by atoms with Crippen molar-refractivity contribution in [3.05, 3.63) is 29.8 Å². The molecular formula is C11H15N3O. The molecule has 1 aromatic carbocycles. The number of anilines is 1. The second-order valence-electron chi connectivity index (χ2n) is 3.78. The number of nitrogens with two attached hydrogens (primary N) is 1. The third kappa shape index (κ3) is 1.80. The molecule has 3 N–H and O–H groups in total. The highest BCUT2D eigenvalue weighted by atomic mass is 16.2. The standard InChI is InChI=1S/C11H15N3O/c1-8-4-2-3-5-10(8)14-7-9(6-12)13-11(14)15/h2-5,9H,6-7,12H2,1H3,(H,13,15). The highest BCUT2D eigenvalue weighted by Gasteiger charge is 2.29. The highest BCUT2D eigenvalue weighted by molar-refractivity contribution is 5.95. The van der Waals surface area contributed by atoms with Gasteiger partial charge in [-0.25, -0.2) is 4.79 Å². The normalized spacial score (nSPS) is 20.5. The van der Waals surface area contributed by atoms with Gasteiger partial charge in [0.1, 0.15) is 0 Å². The predicted octanol–water partition coefficient (Wildman–Crippen LogP) is 0.852. The molecule has 80 valence electrons. The lowest BCUT2D eigenvalue weighted by Gasteiger charge is -2.16. The van der Waals surface area contributed by atoms with Gasteiger partial charge in [-0.2, -0.15) is 0 Å². The Kier molecular flexibility index (Phi) is 2.60. The molecule has 15 heavy (non-hydrogen) atoms. The zero-order chi connectivity index (χ0) is 10.8. The fourth-order valence-corrected chi connectivity index (χ4v) is 1.81. The Labute approximate surface area is 89.1 Å². The summed E-state index contributed by atoms with van der Waals surface area (Å²) in [7, 11) is 0.